The number of hydrogen-bond acceptors (Lipinski definition) is 3. The number of carbonyl (C=O) groups is 1. The van der Waals surface area contributed by atoms with Crippen LogP contribution in [0.15, 0.2) is 0 Å². The number of hydrogen-bond donors (Lipinski definition) is 3. The summed E-state index contributed by atoms with van der Waals surface area (Å²) in [7, 11) is 0. The molecule has 1 saturated carbocycles. The van der Waals surface area contributed by atoms with Gasteiger partial charge in [0.15, 0.2) is 0 Å². The number of rotatable bonds is 1. The molecule has 1 aliphatic carbocycles. The fourth-order valence-corrected chi connectivity index (χ4v) is 1.64. The van der Waals surface area contributed by atoms with Crippen molar-refractivity contribution in [1.82, 2.24) is 0 Å². The molecule has 1 rings (SSSR count). The second kappa shape index (κ2) is 3.03. The Kier molecular flexibility index (Phi) is 2.39. The van der Waals surface area contributed by atoms with Gasteiger partial charge in [-0.1, -0.05) is 0 Å². The molecule has 0 amide bonds. The first-order chi connectivity index (χ1) is 5.48. The third-order valence-electron chi connectivity index (χ3n) is 2.70. The summed E-state index contributed by atoms with van der Waals surface area (Å²) in [5.41, 5.74) is -1.17. The maximum atomic E-state index is 10.8. The van der Waals surface area contributed by atoms with Gasteiger partial charge < -0.3 is 15.3 Å². The molecule has 1 fully saturated rings. The largest absolute Gasteiger partial charge is 0.481 e. The molecule has 0 aliphatic heterocycles. The molecule has 0 saturated heterocycles. The Morgan fingerprint density at radius 1 is 1.50 bits per heavy atom. The van der Waals surface area contributed by atoms with Crippen molar-refractivity contribution in [3.63, 3.8) is 0 Å². The Balaban J connectivity index is 2.81. The quantitative estimate of drug-likeness (QED) is 0.522. The van der Waals surface area contributed by atoms with E-state index in [9.17, 15) is 15.0 Å². The SMILES string of the molecule is CC1(C(=O)O)CCCC(O)C1O. The summed E-state index contributed by atoms with van der Waals surface area (Å²) in [5.74, 6) is -1.03. The molecule has 1 aliphatic rings. The van der Waals surface area contributed by atoms with E-state index in [0.717, 1.165) is 0 Å². The maximum Gasteiger partial charge on any atom is 0.312 e. The zero-order valence-corrected chi connectivity index (χ0v) is 7.03. The average molecular weight is 174 g/mol. The molecule has 3 unspecified atom stereocenters. The van der Waals surface area contributed by atoms with E-state index in [0.29, 0.717) is 19.3 Å². The zero-order valence-electron chi connectivity index (χ0n) is 7.03. The van der Waals surface area contributed by atoms with E-state index in [2.05, 4.69) is 0 Å². The van der Waals surface area contributed by atoms with Crippen molar-refractivity contribution in [2.75, 3.05) is 0 Å². The monoisotopic (exact) mass is 174 g/mol. The van der Waals surface area contributed by atoms with Crippen LogP contribution < -0.4 is 0 Å². The number of aliphatic hydroxyl groups excluding tert-OH is 2. The van der Waals surface area contributed by atoms with E-state index in [-0.39, 0.29) is 0 Å². The van der Waals surface area contributed by atoms with Crippen LogP contribution in [0, 0.1) is 5.41 Å². The molecule has 70 valence electrons. The van der Waals surface area contributed by atoms with Gasteiger partial charge in [-0.15, -0.1) is 0 Å². The molecule has 4 nitrogen and oxygen atoms in total. The van der Waals surface area contributed by atoms with Gasteiger partial charge in [-0.3, -0.25) is 4.79 Å². The predicted octanol–water partition coefficient (Wildman–Crippen LogP) is -0.0170. The zero-order chi connectivity index (χ0) is 9.35. The van der Waals surface area contributed by atoms with Gasteiger partial charge in [0.25, 0.3) is 0 Å². The van der Waals surface area contributed by atoms with Crippen molar-refractivity contribution in [2.24, 2.45) is 5.41 Å². The average Bonchev–Trinajstić information content (AvgIpc) is 2.00. The molecule has 0 spiro atoms. The summed E-state index contributed by atoms with van der Waals surface area (Å²) in [6.07, 6.45) is -0.449. The first-order valence-electron chi connectivity index (χ1n) is 4.08. The molecule has 0 heterocycles. The van der Waals surface area contributed by atoms with Crippen LogP contribution in [0.5, 0.6) is 0 Å². The Morgan fingerprint density at radius 3 is 2.50 bits per heavy atom. The van der Waals surface area contributed by atoms with Crippen molar-refractivity contribution in [3.05, 3.63) is 0 Å². The van der Waals surface area contributed by atoms with Crippen molar-refractivity contribution in [1.29, 1.82) is 0 Å². The topological polar surface area (TPSA) is 77.8 Å². The number of carboxylic acids is 1. The lowest BCUT2D eigenvalue weighted by molar-refractivity contribution is -0.167. The second-order valence-electron chi connectivity index (χ2n) is 3.63. The standard InChI is InChI=1S/C8H14O4/c1-8(7(11)12)4-2-3-5(9)6(8)10/h5-6,9-10H,2-4H2,1H3,(H,11,12). The lowest BCUT2D eigenvalue weighted by Crippen LogP contribution is -2.49. The van der Waals surface area contributed by atoms with E-state index >= 15 is 0 Å². The summed E-state index contributed by atoms with van der Waals surface area (Å²) in [6, 6.07) is 0. The van der Waals surface area contributed by atoms with Gasteiger partial charge in [-0.2, -0.15) is 0 Å². The number of carboxylic acid groups (broad SMARTS) is 1. The molecular formula is C8H14O4. The molecule has 4 heteroatoms. The number of aliphatic carboxylic acids is 1. The van der Waals surface area contributed by atoms with E-state index in [1.165, 1.54) is 6.92 Å². The minimum Gasteiger partial charge on any atom is -0.481 e. The summed E-state index contributed by atoms with van der Waals surface area (Å²) in [5, 5.41) is 27.5. The summed E-state index contributed by atoms with van der Waals surface area (Å²) >= 11 is 0. The van der Waals surface area contributed by atoms with E-state index in [4.69, 9.17) is 5.11 Å². The first-order valence-corrected chi connectivity index (χ1v) is 4.08. The predicted molar refractivity (Wildman–Crippen MR) is 41.6 cm³/mol. The van der Waals surface area contributed by atoms with E-state index in [1.807, 2.05) is 0 Å². The van der Waals surface area contributed by atoms with Crippen LogP contribution in [0.4, 0.5) is 0 Å². The second-order valence-corrected chi connectivity index (χ2v) is 3.63. The lowest BCUT2D eigenvalue weighted by Gasteiger charge is -2.37. The van der Waals surface area contributed by atoms with Gasteiger partial charge in [0.2, 0.25) is 0 Å². The van der Waals surface area contributed by atoms with Crippen molar-refractivity contribution in [3.8, 4) is 0 Å². The van der Waals surface area contributed by atoms with Gasteiger partial charge in [0.05, 0.1) is 17.6 Å². The Morgan fingerprint density at radius 2 is 2.08 bits per heavy atom. The van der Waals surface area contributed by atoms with Crippen LogP contribution in [-0.2, 0) is 4.79 Å². The van der Waals surface area contributed by atoms with Crippen LogP contribution in [0.2, 0.25) is 0 Å². The fourth-order valence-electron chi connectivity index (χ4n) is 1.64. The molecule has 0 aromatic rings. The Bertz CT molecular complexity index is 191. The summed E-state index contributed by atoms with van der Waals surface area (Å²) < 4.78 is 0. The van der Waals surface area contributed by atoms with Crippen LogP contribution in [0.25, 0.3) is 0 Å². The minimum absolute atomic E-state index is 0.431. The van der Waals surface area contributed by atoms with Gasteiger partial charge in [0, 0.05) is 0 Å². The lowest BCUT2D eigenvalue weighted by atomic mass is 9.72. The molecule has 3 atom stereocenters. The molecular weight excluding hydrogens is 160 g/mol. The van der Waals surface area contributed by atoms with Gasteiger partial charge in [-0.25, -0.2) is 0 Å². The summed E-state index contributed by atoms with van der Waals surface area (Å²) in [4.78, 5) is 10.8. The molecule has 0 aromatic heterocycles. The highest BCUT2D eigenvalue weighted by Crippen LogP contribution is 2.36. The van der Waals surface area contributed by atoms with Crippen molar-refractivity contribution >= 4 is 5.97 Å². The van der Waals surface area contributed by atoms with E-state index in [1.54, 1.807) is 0 Å². The molecule has 0 aromatic carbocycles. The highest BCUT2D eigenvalue weighted by Gasteiger charge is 2.46. The third kappa shape index (κ3) is 1.32. The Hall–Kier alpha value is -0.610. The van der Waals surface area contributed by atoms with Crippen molar-refractivity contribution in [2.45, 2.75) is 38.4 Å². The first kappa shape index (κ1) is 9.48. The van der Waals surface area contributed by atoms with Crippen LogP contribution in [-0.4, -0.2) is 33.5 Å². The molecule has 12 heavy (non-hydrogen) atoms. The van der Waals surface area contributed by atoms with Gasteiger partial charge in [-0.05, 0) is 26.2 Å². The number of aliphatic hydroxyl groups is 2. The molecule has 3 N–H and O–H groups in total. The van der Waals surface area contributed by atoms with E-state index < -0.39 is 23.6 Å². The maximum absolute atomic E-state index is 10.8. The normalized spacial score (nSPS) is 42.6. The molecule has 0 radical (unpaired) electrons. The molecule has 0 bridgehead atoms. The highest BCUT2D eigenvalue weighted by molar-refractivity contribution is 5.75. The van der Waals surface area contributed by atoms with Gasteiger partial charge >= 0.3 is 5.97 Å². The smallest absolute Gasteiger partial charge is 0.312 e. The van der Waals surface area contributed by atoms with Crippen LogP contribution >= 0.6 is 0 Å². The highest BCUT2D eigenvalue weighted by atomic mass is 16.4. The van der Waals surface area contributed by atoms with Crippen LogP contribution in [0.1, 0.15) is 26.2 Å². The van der Waals surface area contributed by atoms with Gasteiger partial charge in [0.1, 0.15) is 0 Å². The minimum atomic E-state index is -1.17. The Labute approximate surface area is 70.8 Å². The van der Waals surface area contributed by atoms with Crippen molar-refractivity contribution < 1.29 is 20.1 Å². The summed E-state index contributed by atoms with van der Waals surface area (Å²) in [6.45, 7) is 1.47. The third-order valence-corrected chi connectivity index (χ3v) is 2.70. The fraction of sp³-hybridized carbons (Fsp3) is 0.875. The van der Waals surface area contributed by atoms with Crippen LogP contribution in [0.3, 0.4) is 0 Å².